The van der Waals surface area contributed by atoms with E-state index in [1.54, 1.807) is 20.8 Å². The number of carbonyl (C=O) groups excluding carboxylic acids is 1. The van der Waals surface area contributed by atoms with Crippen molar-refractivity contribution in [2.45, 2.75) is 89.3 Å². The predicted octanol–water partition coefficient (Wildman–Crippen LogP) is 1.54. The van der Waals surface area contributed by atoms with Gasteiger partial charge in [0.1, 0.15) is 11.7 Å². The first-order valence-corrected chi connectivity index (χ1v) is 10.5. The Balaban J connectivity index is 1.86. The highest BCUT2D eigenvalue weighted by atomic mass is 16.5. The van der Waals surface area contributed by atoms with Crippen LogP contribution in [0.4, 0.5) is 0 Å². The fraction of sp³-hybridized carbons (Fsp3) is 0.864. The van der Waals surface area contributed by atoms with Crippen LogP contribution in [0.25, 0.3) is 0 Å². The van der Waals surface area contributed by atoms with Gasteiger partial charge >= 0.3 is 5.97 Å². The molecule has 1 spiro atoms. The molecule has 4 rings (SSSR count). The monoisotopic (exact) mass is 394 g/mol. The molecule has 0 saturated heterocycles. The van der Waals surface area contributed by atoms with Gasteiger partial charge in [-0.1, -0.05) is 26.0 Å². The van der Waals surface area contributed by atoms with Crippen LogP contribution in [-0.2, 0) is 9.53 Å². The second-order valence-electron chi connectivity index (χ2n) is 10.7. The van der Waals surface area contributed by atoms with Crippen LogP contribution in [0, 0.1) is 28.6 Å². The molecule has 158 valence electrons. The van der Waals surface area contributed by atoms with Crippen LogP contribution >= 0.6 is 0 Å². The fourth-order valence-electron chi connectivity index (χ4n) is 7.57. The first-order chi connectivity index (χ1) is 12.8. The summed E-state index contributed by atoms with van der Waals surface area (Å²) < 4.78 is 5.77. The molecule has 0 radical (unpaired) electrons. The van der Waals surface area contributed by atoms with Gasteiger partial charge in [-0.3, -0.25) is 4.79 Å². The van der Waals surface area contributed by atoms with E-state index in [-0.39, 0.29) is 18.3 Å². The molecule has 0 aromatic heterocycles. The third-order valence-corrected chi connectivity index (χ3v) is 9.00. The van der Waals surface area contributed by atoms with Gasteiger partial charge in [-0.2, -0.15) is 0 Å². The lowest BCUT2D eigenvalue weighted by Crippen LogP contribution is -2.57. The van der Waals surface area contributed by atoms with Gasteiger partial charge in [0.05, 0.1) is 17.8 Å². The van der Waals surface area contributed by atoms with E-state index >= 15 is 0 Å². The Morgan fingerprint density at radius 1 is 1.11 bits per heavy atom. The number of rotatable bonds is 1. The minimum absolute atomic E-state index is 0.0863. The van der Waals surface area contributed by atoms with E-state index < -0.39 is 52.2 Å². The van der Waals surface area contributed by atoms with Crippen molar-refractivity contribution in [2.75, 3.05) is 0 Å². The lowest BCUT2D eigenvalue weighted by Gasteiger charge is -2.47. The van der Waals surface area contributed by atoms with E-state index in [2.05, 4.69) is 6.58 Å². The standard InChI is InChI=1S/C22H34O6/c1-11-13-6-7-14-18(28-12(2)23)21(13,10-20(14,5)26)9-17(25)22(27)15(11)8-16(24)19(22,3)4/h13-18,24-27H,1,6-10H2,2-5H3/t13-,14+,15-,16-,17+,18-,20+,21-,22-/m0/s1. The van der Waals surface area contributed by atoms with Gasteiger partial charge in [-0.25, -0.2) is 0 Å². The predicted molar refractivity (Wildman–Crippen MR) is 102 cm³/mol. The maximum absolute atomic E-state index is 11.9. The average molecular weight is 395 g/mol. The number of aliphatic hydroxyl groups is 4. The van der Waals surface area contributed by atoms with Gasteiger partial charge in [0.2, 0.25) is 0 Å². The molecule has 0 amide bonds. The molecular weight excluding hydrogens is 360 g/mol. The summed E-state index contributed by atoms with van der Waals surface area (Å²) in [6.45, 7) is 11.1. The molecule has 4 saturated carbocycles. The molecular formula is C22H34O6. The zero-order valence-corrected chi connectivity index (χ0v) is 17.3. The Morgan fingerprint density at radius 3 is 2.36 bits per heavy atom. The number of hydrogen-bond donors (Lipinski definition) is 4. The van der Waals surface area contributed by atoms with E-state index in [9.17, 15) is 25.2 Å². The summed E-state index contributed by atoms with van der Waals surface area (Å²) >= 11 is 0. The molecule has 28 heavy (non-hydrogen) atoms. The largest absolute Gasteiger partial charge is 0.462 e. The number of esters is 1. The third kappa shape index (κ3) is 2.26. The van der Waals surface area contributed by atoms with Crippen LogP contribution in [-0.4, -0.2) is 55.9 Å². The van der Waals surface area contributed by atoms with Gasteiger partial charge in [0.15, 0.2) is 0 Å². The summed E-state index contributed by atoms with van der Waals surface area (Å²) in [7, 11) is 0. The first-order valence-electron chi connectivity index (χ1n) is 10.5. The molecule has 4 N–H and O–H groups in total. The lowest BCUT2D eigenvalue weighted by molar-refractivity contribution is -0.181. The van der Waals surface area contributed by atoms with Crippen LogP contribution in [0.1, 0.15) is 59.8 Å². The molecule has 0 aliphatic heterocycles. The maximum Gasteiger partial charge on any atom is 0.302 e. The van der Waals surface area contributed by atoms with Gasteiger partial charge < -0.3 is 25.2 Å². The maximum atomic E-state index is 11.9. The van der Waals surface area contributed by atoms with Gasteiger partial charge in [0, 0.05) is 29.6 Å². The zero-order valence-electron chi connectivity index (χ0n) is 17.3. The highest BCUT2D eigenvalue weighted by Gasteiger charge is 2.73. The minimum Gasteiger partial charge on any atom is -0.462 e. The van der Waals surface area contributed by atoms with E-state index in [1.165, 1.54) is 6.92 Å². The first kappa shape index (κ1) is 20.3. The van der Waals surface area contributed by atoms with Crippen molar-refractivity contribution < 1.29 is 30.0 Å². The van der Waals surface area contributed by atoms with Crippen LogP contribution in [0.5, 0.6) is 0 Å². The summed E-state index contributed by atoms with van der Waals surface area (Å²) in [5.74, 6) is -1.11. The smallest absolute Gasteiger partial charge is 0.302 e. The van der Waals surface area contributed by atoms with Crippen LogP contribution in [0.15, 0.2) is 12.2 Å². The minimum atomic E-state index is -1.51. The van der Waals surface area contributed by atoms with Gasteiger partial charge in [0.25, 0.3) is 0 Å². The number of aliphatic hydroxyl groups excluding tert-OH is 2. The van der Waals surface area contributed by atoms with Crippen molar-refractivity contribution in [1.29, 1.82) is 0 Å². The highest BCUT2D eigenvalue weighted by Crippen LogP contribution is 2.69. The molecule has 4 aliphatic rings. The summed E-state index contributed by atoms with van der Waals surface area (Å²) in [5.41, 5.74) is -3.26. The summed E-state index contributed by atoms with van der Waals surface area (Å²) in [6.07, 6.45) is 0.0633. The summed E-state index contributed by atoms with van der Waals surface area (Å²) in [4.78, 5) is 11.9. The van der Waals surface area contributed by atoms with Crippen LogP contribution in [0.3, 0.4) is 0 Å². The average Bonchev–Trinajstić information content (AvgIpc) is 2.79. The molecule has 4 fully saturated rings. The number of ether oxygens (including phenoxy) is 1. The fourth-order valence-corrected chi connectivity index (χ4v) is 7.57. The normalized spacial score (nSPS) is 54.6. The number of hydrogen-bond acceptors (Lipinski definition) is 6. The second kappa shape index (κ2) is 5.81. The Kier molecular flexibility index (Phi) is 4.22. The summed E-state index contributed by atoms with van der Waals surface area (Å²) in [5, 5.41) is 44.9. The Morgan fingerprint density at radius 2 is 1.75 bits per heavy atom. The molecule has 4 aliphatic carbocycles. The molecule has 2 bridgehead atoms. The van der Waals surface area contributed by atoms with Crippen LogP contribution in [0.2, 0.25) is 0 Å². The van der Waals surface area contributed by atoms with E-state index in [1.807, 2.05) is 0 Å². The molecule has 0 unspecified atom stereocenters. The molecule has 6 heteroatoms. The summed E-state index contributed by atoms with van der Waals surface area (Å²) in [6, 6.07) is 0. The Bertz CT molecular complexity index is 714. The molecule has 0 aromatic carbocycles. The number of fused-ring (bicyclic) bond motifs is 2. The molecule has 9 atom stereocenters. The second-order valence-corrected chi connectivity index (χ2v) is 10.7. The molecule has 6 nitrogen and oxygen atoms in total. The van der Waals surface area contributed by atoms with Crippen molar-refractivity contribution in [3.05, 3.63) is 12.2 Å². The van der Waals surface area contributed by atoms with Gasteiger partial charge in [-0.15, -0.1) is 0 Å². The highest BCUT2D eigenvalue weighted by molar-refractivity contribution is 5.66. The van der Waals surface area contributed by atoms with Crippen molar-refractivity contribution in [1.82, 2.24) is 0 Å². The van der Waals surface area contributed by atoms with Crippen molar-refractivity contribution in [2.24, 2.45) is 28.6 Å². The number of carbonyl (C=O) groups is 1. The van der Waals surface area contributed by atoms with Gasteiger partial charge in [-0.05, 0) is 44.9 Å². The van der Waals surface area contributed by atoms with E-state index in [0.717, 1.165) is 12.0 Å². The molecule has 0 heterocycles. The van der Waals surface area contributed by atoms with E-state index in [4.69, 9.17) is 4.74 Å². The lowest BCUT2D eigenvalue weighted by atomic mass is 9.61. The van der Waals surface area contributed by atoms with Crippen molar-refractivity contribution in [3.63, 3.8) is 0 Å². The third-order valence-electron chi connectivity index (χ3n) is 9.00. The SMILES string of the molecule is C=C1[C@@H]2CC[C@@H]3[C@H](OC(C)=O)[C@@]2(C[C@@H](O)[C@@]2(O)[C@H]1C[C@H](O)C2(C)C)C[C@@]3(C)O. The van der Waals surface area contributed by atoms with Crippen LogP contribution < -0.4 is 0 Å². The Hall–Kier alpha value is -0.950. The quantitative estimate of drug-likeness (QED) is 0.397. The van der Waals surface area contributed by atoms with Crippen molar-refractivity contribution >= 4 is 5.97 Å². The molecule has 0 aromatic rings. The van der Waals surface area contributed by atoms with Crippen molar-refractivity contribution in [3.8, 4) is 0 Å². The zero-order chi connectivity index (χ0) is 20.9. The van der Waals surface area contributed by atoms with E-state index in [0.29, 0.717) is 19.3 Å². The Labute approximate surface area is 166 Å². The topological polar surface area (TPSA) is 107 Å².